The summed E-state index contributed by atoms with van der Waals surface area (Å²) in [6, 6.07) is 17.0. The second-order valence-electron chi connectivity index (χ2n) is 5.20. The highest BCUT2D eigenvalue weighted by Crippen LogP contribution is 2.29. The zero-order valence-corrected chi connectivity index (χ0v) is 12.6. The molecule has 0 aliphatic heterocycles. The highest BCUT2D eigenvalue weighted by molar-refractivity contribution is 5.84. The van der Waals surface area contributed by atoms with Crippen LogP contribution >= 0.6 is 0 Å². The monoisotopic (exact) mass is 280 g/mol. The van der Waals surface area contributed by atoms with Crippen molar-refractivity contribution in [1.82, 2.24) is 0 Å². The Morgan fingerprint density at radius 1 is 0.905 bits per heavy atom. The Kier molecular flexibility index (Phi) is 3.96. The molecule has 0 aliphatic rings. The van der Waals surface area contributed by atoms with Crippen molar-refractivity contribution in [1.29, 1.82) is 0 Å². The fraction of sp³-hybridized carbons (Fsp3) is 0.263. The molecule has 0 N–H and O–H groups in total. The number of fused-ring (bicyclic) bond motifs is 1. The van der Waals surface area contributed by atoms with Crippen LogP contribution in [0.2, 0.25) is 0 Å². The topological polar surface area (TPSA) is 22.4 Å². The average molecular weight is 280 g/mol. The quantitative estimate of drug-likeness (QED) is 0.620. The maximum atomic E-state index is 5.63. The molecule has 2 nitrogen and oxygen atoms in total. The van der Waals surface area contributed by atoms with Crippen LogP contribution in [0.25, 0.3) is 22.1 Å². The van der Waals surface area contributed by atoms with Crippen LogP contribution in [0.5, 0.6) is 5.95 Å². The molecular weight excluding hydrogens is 260 g/mol. The minimum absolute atomic E-state index is 0.586. The van der Waals surface area contributed by atoms with Crippen molar-refractivity contribution in [3.05, 3.63) is 54.1 Å². The molecule has 0 spiro atoms. The van der Waals surface area contributed by atoms with E-state index in [0.717, 1.165) is 17.4 Å². The first-order valence-corrected chi connectivity index (χ1v) is 7.56. The smallest absolute Gasteiger partial charge is 0.285 e. The Bertz CT molecular complexity index is 723. The van der Waals surface area contributed by atoms with Crippen LogP contribution in [-0.2, 0) is 6.42 Å². The predicted molar refractivity (Wildman–Crippen MR) is 86.8 cm³/mol. The Hall–Kier alpha value is -2.22. The lowest BCUT2D eigenvalue weighted by Gasteiger charge is -2.04. The molecule has 1 aromatic heterocycles. The lowest BCUT2D eigenvalue weighted by atomic mass is 10.0. The van der Waals surface area contributed by atoms with Crippen LogP contribution in [0.3, 0.4) is 0 Å². The van der Waals surface area contributed by atoms with Crippen LogP contribution in [0.1, 0.15) is 25.8 Å². The van der Waals surface area contributed by atoms with Crippen LogP contribution < -0.4 is 4.74 Å². The third kappa shape index (κ3) is 2.94. The van der Waals surface area contributed by atoms with Gasteiger partial charge >= 0.3 is 0 Å². The number of ether oxygens (including phenoxy) is 1. The van der Waals surface area contributed by atoms with E-state index < -0.39 is 0 Å². The molecular formula is C19H20O2. The zero-order valence-electron chi connectivity index (χ0n) is 12.6. The van der Waals surface area contributed by atoms with Crippen molar-refractivity contribution in [2.24, 2.45) is 0 Å². The van der Waals surface area contributed by atoms with E-state index in [0.29, 0.717) is 12.6 Å². The van der Waals surface area contributed by atoms with Gasteiger partial charge in [0.05, 0.1) is 6.61 Å². The molecule has 0 fully saturated rings. The van der Waals surface area contributed by atoms with Crippen LogP contribution in [0, 0.1) is 0 Å². The van der Waals surface area contributed by atoms with Gasteiger partial charge in [-0.05, 0) is 42.2 Å². The van der Waals surface area contributed by atoms with Gasteiger partial charge in [0.25, 0.3) is 5.95 Å². The fourth-order valence-electron chi connectivity index (χ4n) is 2.56. The second kappa shape index (κ2) is 6.04. The minimum Gasteiger partial charge on any atom is -0.465 e. The normalized spacial score (nSPS) is 11.0. The van der Waals surface area contributed by atoms with Gasteiger partial charge in [0.2, 0.25) is 0 Å². The van der Waals surface area contributed by atoms with E-state index >= 15 is 0 Å². The molecule has 0 amide bonds. The molecule has 3 aromatic rings. The van der Waals surface area contributed by atoms with E-state index in [1.165, 1.54) is 23.1 Å². The molecule has 2 heteroatoms. The molecule has 0 atom stereocenters. The predicted octanol–water partition coefficient (Wildman–Crippen LogP) is 5.45. The van der Waals surface area contributed by atoms with Gasteiger partial charge in [-0.25, -0.2) is 0 Å². The highest BCUT2D eigenvalue weighted by Gasteiger charge is 2.06. The molecule has 0 saturated heterocycles. The van der Waals surface area contributed by atoms with Crippen molar-refractivity contribution in [2.45, 2.75) is 26.7 Å². The first-order chi connectivity index (χ1) is 10.3. The summed E-state index contributed by atoms with van der Waals surface area (Å²) in [6.45, 7) is 4.78. The van der Waals surface area contributed by atoms with Gasteiger partial charge in [-0.1, -0.05) is 43.7 Å². The average Bonchev–Trinajstić information content (AvgIpc) is 2.90. The van der Waals surface area contributed by atoms with E-state index in [-0.39, 0.29) is 0 Å². The number of benzene rings is 2. The van der Waals surface area contributed by atoms with Crippen molar-refractivity contribution < 1.29 is 9.15 Å². The van der Waals surface area contributed by atoms with E-state index in [1.54, 1.807) is 0 Å². The first-order valence-electron chi connectivity index (χ1n) is 7.56. The summed E-state index contributed by atoms with van der Waals surface area (Å²) in [7, 11) is 0. The molecule has 3 rings (SSSR count). The van der Waals surface area contributed by atoms with Gasteiger partial charge in [-0.15, -0.1) is 0 Å². The van der Waals surface area contributed by atoms with Gasteiger partial charge in [-0.3, -0.25) is 0 Å². The molecule has 0 bridgehead atoms. The number of hydrogen-bond donors (Lipinski definition) is 0. The molecule has 21 heavy (non-hydrogen) atoms. The van der Waals surface area contributed by atoms with Crippen LogP contribution in [0.15, 0.2) is 52.9 Å². The number of rotatable bonds is 5. The molecule has 108 valence electrons. The van der Waals surface area contributed by atoms with Crippen molar-refractivity contribution >= 4 is 11.0 Å². The Labute approximate surface area is 125 Å². The van der Waals surface area contributed by atoms with Crippen molar-refractivity contribution in [3.63, 3.8) is 0 Å². The summed E-state index contributed by atoms with van der Waals surface area (Å²) in [6.07, 6.45) is 2.32. The van der Waals surface area contributed by atoms with Gasteiger partial charge in [0.1, 0.15) is 5.58 Å². The highest BCUT2D eigenvalue weighted by atomic mass is 16.6. The SMILES string of the molecule is CCCc1ccc(-c2ccc3oc(OCC)cc3c2)cc1. The lowest BCUT2D eigenvalue weighted by molar-refractivity contribution is 0.265. The van der Waals surface area contributed by atoms with Crippen LogP contribution in [-0.4, -0.2) is 6.61 Å². The maximum absolute atomic E-state index is 5.63. The standard InChI is InChI=1S/C19H20O2/c1-3-5-14-6-8-15(9-7-14)16-10-11-18-17(12-16)13-19(21-18)20-4-2/h6-13H,3-5H2,1-2H3. The molecule has 1 heterocycles. The Balaban J connectivity index is 1.92. The first kappa shape index (κ1) is 13.7. The molecule has 0 saturated carbocycles. The Morgan fingerprint density at radius 2 is 1.67 bits per heavy atom. The van der Waals surface area contributed by atoms with Gasteiger partial charge in [-0.2, -0.15) is 0 Å². The van der Waals surface area contributed by atoms with Crippen LogP contribution in [0.4, 0.5) is 0 Å². The minimum atomic E-state index is 0.586. The lowest BCUT2D eigenvalue weighted by Crippen LogP contribution is -1.87. The summed E-state index contributed by atoms with van der Waals surface area (Å²) in [5.74, 6) is 0.586. The van der Waals surface area contributed by atoms with E-state index in [2.05, 4.69) is 43.3 Å². The number of hydrogen-bond acceptors (Lipinski definition) is 2. The summed E-state index contributed by atoms with van der Waals surface area (Å²) in [5.41, 5.74) is 4.69. The third-order valence-corrected chi connectivity index (χ3v) is 3.61. The van der Waals surface area contributed by atoms with Crippen molar-refractivity contribution in [2.75, 3.05) is 6.61 Å². The van der Waals surface area contributed by atoms with Gasteiger partial charge in [0.15, 0.2) is 0 Å². The molecule has 0 radical (unpaired) electrons. The fourth-order valence-corrected chi connectivity index (χ4v) is 2.56. The van der Waals surface area contributed by atoms with E-state index in [1.807, 2.05) is 19.1 Å². The number of aryl methyl sites for hydroxylation is 1. The summed E-state index contributed by atoms with van der Waals surface area (Å²) >= 11 is 0. The zero-order chi connectivity index (χ0) is 14.7. The summed E-state index contributed by atoms with van der Waals surface area (Å²) in [4.78, 5) is 0. The van der Waals surface area contributed by atoms with E-state index in [4.69, 9.17) is 9.15 Å². The molecule has 2 aromatic carbocycles. The number of furan rings is 1. The molecule has 0 aliphatic carbocycles. The third-order valence-electron chi connectivity index (χ3n) is 3.61. The second-order valence-corrected chi connectivity index (χ2v) is 5.20. The molecule has 0 unspecified atom stereocenters. The Morgan fingerprint density at radius 3 is 2.38 bits per heavy atom. The summed E-state index contributed by atoms with van der Waals surface area (Å²) in [5, 5.41) is 1.08. The van der Waals surface area contributed by atoms with E-state index in [9.17, 15) is 0 Å². The maximum Gasteiger partial charge on any atom is 0.285 e. The van der Waals surface area contributed by atoms with Crippen molar-refractivity contribution in [3.8, 4) is 17.1 Å². The largest absolute Gasteiger partial charge is 0.465 e. The summed E-state index contributed by atoms with van der Waals surface area (Å²) < 4.78 is 11.0. The van der Waals surface area contributed by atoms with Gasteiger partial charge in [0, 0.05) is 11.5 Å². The van der Waals surface area contributed by atoms with Gasteiger partial charge < -0.3 is 9.15 Å².